The molecule has 0 aliphatic heterocycles. The van der Waals surface area contributed by atoms with Gasteiger partial charge >= 0.3 is 0 Å². The van der Waals surface area contributed by atoms with Crippen LogP contribution in [0.2, 0.25) is 0 Å². The number of pyridine rings is 1. The lowest BCUT2D eigenvalue weighted by atomic mass is 10.3. The van der Waals surface area contributed by atoms with E-state index in [1.807, 2.05) is 6.92 Å². The molecule has 1 N–H and O–H groups in total. The Labute approximate surface area is 104 Å². The third-order valence-corrected chi connectivity index (χ3v) is 2.51. The second-order valence-electron chi connectivity index (χ2n) is 3.90. The summed E-state index contributed by atoms with van der Waals surface area (Å²) in [4.78, 5) is 7.96. The molecular formula is C12H14F2N4. The molecule has 0 radical (unpaired) electrons. The molecule has 2 rings (SSSR count). The minimum atomic E-state index is -0.712. The van der Waals surface area contributed by atoms with Crippen molar-refractivity contribution in [3.63, 3.8) is 0 Å². The summed E-state index contributed by atoms with van der Waals surface area (Å²) in [6, 6.07) is 0.833. The van der Waals surface area contributed by atoms with E-state index in [2.05, 4.69) is 15.3 Å². The first-order chi connectivity index (χ1) is 8.63. The van der Waals surface area contributed by atoms with Crippen molar-refractivity contribution in [3.8, 4) is 5.82 Å². The minimum absolute atomic E-state index is 0.0463. The van der Waals surface area contributed by atoms with Crippen molar-refractivity contribution in [2.45, 2.75) is 20.3 Å². The van der Waals surface area contributed by atoms with Crippen LogP contribution in [0.4, 0.5) is 14.6 Å². The highest BCUT2D eigenvalue weighted by Crippen LogP contribution is 2.19. The summed E-state index contributed by atoms with van der Waals surface area (Å²) in [5.74, 6) is -0.709. The molecule has 0 unspecified atom stereocenters. The number of halogens is 2. The van der Waals surface area contributed by atoms with Crippen LogP contribution in [0.3, 0.4) is 0 Å². The van der Waals surface area contributed by atoms with Gasteiger partial charge in [-0.05, 0) is 13.3 Å². The van der Waals surface area contributed by atoms with Crippen LogP contribution in [0.5, 0.6) is 0 Å². The Kier molecular flexibility index (Phi) is 3.55. The van der Waals surface area contributed by atoms with Crippen molar-refractivity contribution >= 4 is 5.82 Å². The highest BCUT2D eigenvalue weighted by molar-refractivity contribution is 5.42. The van der Waals surface area contributed by atoms with Crippen LogP contribution in [0.15, 0.2) is 18.5 Å². The zero-order valence-electron chi connectivity index (χ0n) is 10.2. The summed E-state index contributed by atoms with van der Waals surface area (Å²) in [5, 5.41) is 2.83. The highest BCUT2D eigenvalue weighted by atomic mass is 19.1. The van der Waals surface area contributed by atoms with Gasteiger partial charge in [-0.25, -0.2) is 18.7 Å². The van der Waals surface area contributed by atoms with E-state index in [0.717, 1.165) is 12.5 Å². The van der Waals surface area contributed by atoms with E-state index in [0.29, 0.717) is 12.4 Å². The van der Waals surface area contributed by atoms with Crippen LogP contribution in [-0.2, 0) is 0 Å². The SMILES string of the molecule is CCCNc1nc(-n2ccnc2C)c(F)cc1F. The van der Waals surface area contributed by atoms with Crippen LogP contribution in [0, 0.1) is 18.6 Å². The van der Waals surface area contributed by atoms with E-state index in [1.165, 1.54) is 4.57 Å². The summed E-state index contributed by atoms with van der Waals surface area (Å²) in [5.41, 5.74) is 0. The van der Waals surface area contributed by atoms with E-state index < -0.39 is 11.6 Å². The minimum Gasteiger partial charge on any atom is -0.368 e. The van der Waals surface area contributed by atoms with E-state index in [4.69, 9.17) is 0 Å². The lowest BCUT2D eigenvalue weighted by molar-refractivity contribution is 0.567. The largest absolute Gasteiger partial charge is 0.368 e. The first-order valence-electron chi connectivity index (χ1n) is 5.73. The highest BCUT2D eigenvalue weighted by Gasteiger charge is 2.14. The Hall–Kier alpha value is -1.98. The predicted molar refractivity (Wildman–Crippen MR) is 64.8 cm³/mol. The quantitative estimate of drug-likeness (QED) is 0.909. The zero-order valence-corrected chi connectivity index (χ0v) is 10.2. The molecule has 4 nitrogen and oxygen atoms in total. The summed E-state index contributed by atoms with van der Waals surface area (Å²) < 4.78 is 28.7. The molecule has 0 aromatic carbocycles. The number of aryl methyl sites for hydroxylation is 1. The van der Waals surface area contributed by atoms with Gasteiger partial charge < -0.3 is 5.32 Å². The van der Waals surface area contributed by atoms with Crippen molar-refractivity contribution in [2.24, 2.45) is 0 Å². The lowest BCUT2D eigenvalue weighted by Gasteiger charge is -2.10. The van der Waals surface area contributed by atoms with Crippen molar-refractivity contribution in [1.82, 2.24) is 14.5 Å². The van der Waals surface area contributed by atoms with Gasteiger partial charge in [0.05, 0.1) is 0 Å². The maximum Gasteiger partial charge on any atom is 0.176 e. The monoisotopic (exact) mass is 252 g/mol. The Morgan fingerprint density at radius 1 is 1.33 bits per heavy atom. The normalized spacial score (nSPS) is 10.7. The fourth-order valence-electron chi connectivity index (χ4n) is 1.59. The molecule has 0 saturated carbocycles. The fourth-order valence-corrected chi connectivity index (χ4v) is 1.59. The van der Waals surface area contributed by atoms with Gasteiger partial charge in [0.1, 0.15) is 5.82 Å². The number of hydrogen-bond acceptors (Lipinski definition) is 3. The molecule has 0 aliphatic rings. The molecule has 6 heteroatoms. The molecule has 2 heterocycles. The molecule has 2 aromatic rings. The van der Waals surface area contributed by atoms with Gasteiger partial charge in [0.25, 0.3) is 0 Å². The van der Waals surface area contributed by atoms with Gasteiger partial charge in [-0.2, -0.15) is 0 Å². The lowest BCUT2D eigenvalue weighted by Crippen LogP contribution is -2.09. The topological polar surface area (TPSA) is 42.7 Å². The summed E-state index contributed by atoms with van der Waals surface area (Å²) >= 11 is 0. The number of nitrogens with one attached hydrogen (secondary N) is 1. The van der Waals surface area contributed by atoms with Crippen molar-refractivity contribution in [1.29, 1.82) is 0 Å². The number of imidazole rings is 1. The van der Waals surface area contributed by atoms with Gasteiger partial charge in [-0.3, -0.25) is 4.57 Å². The Morgan fingerprint density at radius 2 is 2.11 bits per heavy atom. The second-order valence-corrected chi connectivity index (χ2v) is 3.90. The molecule has 2 aromatic heterocycles. The van der Waals surface area contributed by atoms with Gasteiger partial charge in [0.15, 0.2) is 23.3 Å². The Morgan fingerprint density at radius 3 is 2.72 bits per heavy atom. The maximum atomic E-state index is 13.7. The van der Waals surface area contributed by atoms with Crippen molar-refractivity contribution in [2.75, 3.05) is 11.9 Å². The number of hydrogen-bond donors (Lipinski definition) is 1. The molecule has 0 spiro atoms. The number of aromatic nitrogens is 3. The molecule has 0 amide bonds. The summed E-state index contributed by atoms with van der Waals surface area (Å²) in [7, 11) is 0. The average molecular weight is 252 g/mol. The molecule has 0 fully saturated rings. The van der Waals surface area contributed by atoms with Crippen LogP contribution < -0.4 is 5.32 Å². The van der Waals surface area contributed by atoms with E-state index in [9.17, 15) is 8.78 Å². The first-order valence-corrected chi connectivity index (χ1v) is 5.73. The molecule has 0 aliphatic carbocycles. The average Bonchev–Trinajstić information content (AvgIpc) is 2.74. The van der Waals surface area contributed by atoms with Gasteiger partial charge in [0.2, 0.25) is 0 Å². The van der Waals surface area contributed by atoms with Gasteiger partial charge in [-0.15, -0.1) is 0 Å². The van der Waals surface area contributed by atoms with Crippen LogP contribution in [0.1, 0.15) is 19.2 Å². The summed E-state index contributed by atoms with van der Waals surface area (Å²) in [6.45, 7) is 4.26. The maximum absolute atomic E-state index is 13.7. The van der Waals surface area contributed by atoms with E-state index in [-0.39, 0.29) is 11.6 Å². The van der Waals surface area contributed by atoms with Crippen LogP contribution in [-0.4, -0.2) is 21.1 Å². The molecule has 96 valence electrons. The predicted octanol–water partition coefficient (Wildman–Crippen LogP) is 2.68. The molecule has 0 bridgehead atoms. The molecular weight excluding hydrogens is 238 g/mol. The molecule has 0 saturated heterocycles. The Bertz CT molecular complexity index is 551. The smallest absolute Gasteiger partial charge is 0.176 e. The Balaban J connectivity index is 2.45. The number of rotatable bonds is 4. The van der Waals surface area contributed by atoms with Crippen molar-refractivity contribution in [3.05, 3.63) is 35.9 Å². The first kappa shape index (κ1) is 12.5. The summed E-state index contributed by atoms with van der Waals surface area (Å²) in [6.07, 6.45) is 3.96. The standard InChI is InChI=1S/C12H14F2N4/c1-3-4-16-11-9(13)7-10(14)12(17-11)18-6-5-15-8(18)2/h5-7H,3-4H2,1-2H3,(H,16,17). The number of anilines is 1. The zero-order chi connectivity index (χ0) is 13.1. The molecule has 0 atom stereocenters. The van der Waals surface area contributed by atoms with Crippen molar-refractivity contribution < 1.29 is 8.78 Å². The number of nitrogens with zero attached hydrogens (tertiary/aromatic N) is 3. The van der Waals surface area contributed by atoms with Crippen LogP contribution in [0.25, 0.3) is 5.82 Å². The van der Waals surface area contributed by atoms with Gasteiger partial charge in [0, 0.05) is 25.0 Å². The van der Waals surface area contributed by atoms with E-state index in [1.54, 1.807) is 19.3 Å². The van der Waals surface area contributed by atoms with Gasteiger partial charge in [-0.1, -0.05) is 6.92 Å². The molecule has 18 heavy (non-hydrogen) atoms. The van der Waals surface area contributed by atoms with Crippen LogP contribution >= 0.6 is 0 Å². The second kappa shape index (κ2) is 5.12. The fraction of sp³-hybridized carbons (Fsp3) is 0.333. The van der Waals surface area contributed by atoms with E-state index >= 15 is 0 Å². The third-order valence-electron chi connectivity index (χ3n) is 2.51. The third kappa shape index (κ3) is 2.32.